The lowest BCUT2D eigenvalue weighted by atomic mass is 9.96. The zero-order chi connectivity index (χ0) is 23.1. The summed E-state index contributed by atoms with van der Waals surface area (Å²) in [6.45, 7) is 7.42. The number of nitrogens with zero attached hydrogens (tertiary/aromatic N) is 2. The number of nitrogens with one attached hydrogen (secondary N) is 1. The molecule has 174 valence electrons. The Labute approximate surface area is 190 Å². The molecule has 3 rings (SSSR count). The molecule has 1 amide bonds. The summed E-state index contributed by atoms with van der Waals surface area (Å²) in [6.07, 6.45) is 3.85. The number of hydrogen-bond acceptors (Lipinski definition) is 6. The van der Waals surface area contributed by atoms with Crippen LogP contribution >= 0.6 is 0 Å². The number of rotatable bonds is 9. The first-order valence-corrected chi connectivity index (χ1v) is 12.4. The average Bonchev–Trinajstić information content (AvgIpc) is 2.81. The van der Waals surface area contributed by atoms with Gasteiger partial charge in [0.05, 0.1) is 19.3 Å². The highest BCUT2D eigenvalue weighted by atomic mass is 32.2. The molecule has 32 heavy (non-hydrogen) atoms. The van der Waals surface area contributed by atoms with Crippen LogP contribution in [0.4, 0.5) is 0 Å². The third kappa shape index (κ3) is 5.58. The van der Waals surface area contributed by atoms with Crippen molar-refractivity contribution in [3.8, 4) is 11.5 Å². The number of pyridine rings is 1. The highest BCUT2D eigenvalue weighted by molar-refractivity contribution is 7.89. The van der Waals surface area contributed by atoms with Crippen molar-refractivity contribution in [2.75, 3.05) is 26.3 Å². The Balaban J connectivity index is 1.59. The van der Waals surface area contributed by atoms with Gasteiger partial charge in [0.1, 0.15) is 4.90 Å². The Morgan fingerprint density at radius 1 is 1.16 bits per heavy atom. The van der Waals surface area contributed by atoms with Crippen molar-refractivity contribution in [2.45, 2.75) is 44.6 Å². The van der Waals surface area contributed by atoms with Gasteiger partial charge in [0.15, 0.2) is 11.5 Å². The minimum Gasteiger partial charge on any atom is -0.490 e. The molecular weight excluding hydrogens is 430 g/mol. The summed E-state index contributed by atoms with van der Waals surface area (Å²) in [5.41, 5.74) is 0.918. The number of aromatic nitrogens is 1. The molecular formula is C23H31N3O5S. The summed E-state index contributed by atoms with van der Waals surface area (Å²) >= 11 is 0. The van der Waals surface area contributed by atoms with E-state index in [-0.39, 0.29) is 22.8 Å². The van der Waals surface area contributed by atoms with Gasteiger partial charge in [-0.2, -0.15) is 4.31 Å². The minimum absolute atomic E-state index is 0.0669. The van der Waals surface area contributed by atoms with Gasteiger partial charge in [-0.1, -0.05) is 6.07 Å². The van der Waals surface area contributed by atoms with Crippen LogP contribution in [0.2, 0.25) is 0 Å². The SMILES string of the molecule is CCOc1ccc(C(C)NC(=O)C2CCN(S(=O)(=O)c3cccnc3)CC2)cc1OCC. The Morgan fingerprint density at radius 2 is 1.84 bits per heavy atom. The quantitative estimate of drug-likeness (QED) is 0.616. The van der Waals surface area contributed by atoms with Gasteiger partial charge in [0.2, 0.25) is 15.9 Å². The fraction of sp³-hybridized carbons (Fsp3) is 0.478. The maximum absolute atomic E-state index is 12.8. The van der Waals surface area contributed by atoms with E-state index in [9.17, 15) is 13.2 Å². The molecule has 0 bridgehead atoms. The number of ether oxygens (including phenoxy) is 2. The Bertz CT molecular complexity index is 1010. The van der Waals surface area contributed by atoms with E-state index in [0.717, 1.165) is 5.56 Å². The maximum Gasteiger partial charge on any atom is 0.244 e. The molecule has 2 heterocycles. The van der Waals surface area contributed by atoms with Crippen LogP contribution in [-0.2, 0) is 14.8 Å². The van der Waals surface area contributed by atoms with Gasteiger partial charge in [-0.15, -0.1) is 0 Å². The number of hydrogen-bond donors (Lipinski definition) is 1. The van der Waals surface area contributed by atoms with Crippen molar-refractivity contribution in [1.82, 2.24) is 14.6 Å². The topological polar surface area (TPSA) is 97.8 Å². The average molecular weight is 462 g/mol. The Kier molecular flexibility index (Phi) is 8.09. The summed E-state index contributed by atoms with van der Waals surface area (Å²) in [5.74, 6) is 1.04. The first-order chi connectivity index (χ1) is 15.4. The fourth-order valence-electron chi connectivity index (χ4n) is 3.76. The smallest absolute Gasteiger partial charge is 0.244 e. The van der Waals surface area contributed by atoms with Crippen molar-refractivity contribution in [2.24, 2.45) is 5.92 Å². The molecule has 1 N–H and O–H groups in total. The van der Waals surface area contributed by atoms with Gasteiger partial charge in [-0.25, -0.2) is 8.42 Å². The molecule has 1 aromatic heterocycles. The zero-order valence-corrected chi connectivity index (χ0v) is 19.6. The molecule has 9 heteroatoms. The molecule has 0 radical (unpaired) electrons. The van der Waals surface area contributed by atoms with E-state index in [0.29, 0.717) is 50.6 Å². The van der Waals surface area contributed by atoms with Crippen molar-refractivity contribution in [3.05, 3.63) is 48.3 Å². The van der Waals surface area contributed by atoms with Crippen LogP contribution in [0.3, 0.4) is 0 Å². The largest absolute Gasteiger partial charge is 0.490 e. The predicted molar refractivity (Wildman–Crippen MR) is 121 cm³/mol. The third-order valence-electron chi connectivity index (χ3n) is 5.52. The van der Waals surface area contributed by atoms with Crippen LogP contribution in [0, 0.1) is 5.92 Å². The lowest BCUT2D eigenvalue weighted by molar-refractivity contribution is -0.126. The molecule has 0 saturated carbocycles. The predicted octanol–water partition coefficient (Wildman–Crippen LogP) is 3.16. The highest BCUT2D eigenvalue weighted by Gasteiger charge is 2.32. The molecule has 1 aliphatic rings. The first-order valence-electron chi connectivity index (χ1n) is 11.0. The maximum atomic E-state index is 12.8. The first kappa shape index (κ1) is 24.0. The van der Waals surface area contributed by atoms with Crippen molar-refractivity contribution < 1.29 is 22.7 Å². The van der Waals surface area contributed by atoms with Crippen LogP contribution in [0.1, 0.15) is 45.2 Å². The van der Waals surface area contributed by atoms with Crippen molar-refractivity contribution in [1.29, 1.82) is 0 Å². The summed E-state index contributed by atoms with van der Waals surface area (Å²) in [7, 11) is -3.58. The number of carbonyl (C=O) groups is 1. The van der Waals surface area contributed by atoms with Gasteiger partial charge in [-0.05, 0) is 63.4 Å². The number of sulfonamides is 1. The molecule has 0 spiro atoms. The van der Waals surface area contributed by atoms with Crippen molar-refractivity contribution in [3.63, 3.8) is 0 Å². The van der Waals surface area contributed by atoms with E-state index in [1.807, 2.05) is 39.0 Å². The monoisotopic (exact) mass is 461 g/mol. The molecule has 0 aliphatic carbocycles. The Hall–Kier alpha value is -2.65. The number of benzene rings is 1. The molecule has 2 aromatic rings. The van der Waals surface area contributed by atoms with E-state index in [1.54, 1.807) is 12.3 Å². The lowest BCUT2D eigenvalue weighted by Gasteiger charge is -2.31. The van der Waals surface area contributed by atoms with Crippen LogP contribution in [0.5, 0.6) is 11.5 Å². The van der Waals surface area contributed by atoms with Crippen LogP contribution in [0.15, 0.2) is 47.6 Å². The third-order valence-corrected chi connectivity index (χ3v) is 7.41. The Morgan fingerprint density at radius 3 is 2.47 bits per heavy atom. The van der Waals surface area contributed by atoms with Gasteiger partial charge in [-0.3, -0.25) is 9.78 Å². The van der Waals surface area contributed by atoms with Gasteiger partial charge in [0, 0.05) is 31.4 Å². The van der Waals surface area contributed by atoms with E-state index in [1.165, 1.54) is 16.6 Å². The number of amides is 1. The molecule has 8 nitrogen and oxygen atoms in total. The van der Waals surface area contributed by atoms with E-state index >= 15 is 0 Å². The number of carbonyl (C=O) groups excluding carboxylic acids is 1. The standard InChI is InChI=1S/C23H31N3O5S/c1-4-30-21-9-8-19(15-22(21)31-5-2)17(3)25-23(27)18-10-13-26(14-11-18)32(28,29)20-7-6-12-24-16-20/h6-9,12,15-18H,4-5,10-11,13-14H2,1-3H3,(H,25,27). The highest BCUT2D eigenvalue weighted by Crippen LogP contribution is 2.31. The van der Waals surface area contributed by atoms with E-state index in [4.69, 9.17) is 9.47 Å². The molecule has 1 aromatic carbocycles. The second-order valence-electron chi connectivity index (χ2n) is 7.67. The van der Waals surface area contributed by atoms with Crippen molar-refractivity contribution >= 4 is 15.9 Å². The lowest BCUT2D eigenvalue weighted by Crippen LogP contribution is -2.43. The summed E-state index contributed by atoms with van der Waals surface area (Å²) < 4.78 is 38.2. The molecule has 1 atom stereocenters. The number of piperidine rings is 1. The van der Waals surface area contributed by atoms with Gasteiger partial charge >= 0.3 is 0 Å². The van der Waals surface area contributed by atoms with E-state index in [2.05, 4.69) is 10.3 Å². The zero-order valence-electron chi connectivity index (χ0n) is 18.8. The normalized spacial score (nSPS) is 16.3. The van der Waals surface area contributed by atoms with Crippen LogP contribution in [0.25, 0.3) is 0 Å². The minimum atomic E-state index is -3.58. The molecule has 1 saturated heterocycles. The van der Waals surface area contributed by atoms with Gasteiger partial charge < -0.3 is 14.8 Å². The summed E-state index contributed by atoms with van der Waals surface area (Å²) in [6, 6.07) is 8.59. The second kappa shape index (κ2) is 10.8. The molecule has 1 fully saturated rings. The fourth-order valence-corrected chi connectivity index (χ4v) is 5.19. The summed E-state index contributed by atoms with van der Waals surface area (Å²) in [5, 5.41) is 3.06. The van der Waals surface area contributed by atoms with E-state index < -0.39 is 10.0 Å². The molecule has 1 aliphatic heterocycles. The van der Waals surface area contributed by atoms with Gasteiger partial charge in [0.25, 0.3) is 0 Å². The molecule has 1 unspecified atom stereocenters. The second-order valence-corrected chi connectivity index (χ2v) is 9.61. The van der Waals surface area contributed by atoms with Crippen LogP contribution < -0.4 is 14.8 Å². The van der Waals surface area contributed by atoms with Crippen LogP contribution in [-0.4, -0.2) is 49.9 Å². The summed E-state index contributed by atoms with van der Waals surface area (Å²) in [4.78, 5) is 16.9.